The van der Waals surface area contributed by atoms with Gasteiger partial charge in [0.15, 0.2) is 17.5 Å². The molecule has 0 aliphatic carbocycles. The Kier molecular flexibility index (Phi) is 7.70. The molecule has 0 amide bonds. The second kappa shape index (κ2) is 16.3. The average molecular weight is 940 g/mol. The van der Waals surface area contributed by atoms with E-state index in [-0.39, 0.29) is 57.8 Å². The third kappa shape index (κ3) is 6.54. The minimum absolute atomic E-state index is 0.0485. The number of aromatic nitrogens is 4. The molecule has 6 nitrogen and oxygen atoms in total. The number of rotatable bonds is 7. The van der Waals surface area contributed by atoms with E-state index in [9.17, 15) is 2.74 Å². The first-order chi connectivity index (χ1) is 39.1. The van der Waals surface area contributed by atoms with Gasteiger partial charge in [-0.1, -0.05) is 188 Å². The Hall–Kier alpha value is -9.91. The molecule has 0 saturated heterocycles. The lowest BCUT2D eigenvalue weighted by Gasteiger charge is -2.16. The summed E-state index contributed by atoms with van der Waals surface area (Å²) in [6.07, 6.45) is 0. The number of hydrogen-bond acceptors (Lipinski definition) is 5. The molecule has 73 heavy (non-hydrogen) atoms. The summed E-state index contributed by atoms with van der Waals surface area (Å²) in [7, 11) is 0. The molecule has 0 aliphatic rings. The Morgan fingerprint density at radius 3 is 1.68 bits per heavy atom. The van der Waals surface area contributed by atoms with Gasteiger partial charge in [-0.3, -0.25) is 0 Å². The lowest BCUT2D eigenvalue weighted by Crippen LogP contribution is -2.04. The topological polar surface area (TPSA) is 69.9 Å². The summed E-state index contributed by atoms with van der Waals surface area (Å²) < 4.78 is 77.6. The van der Waals surface area contributed by atoms with Crippen molar-refractivity contribution in [3.8, 4) is 73.2 Å². The smallest absolute Gasteiger partial charge is 0.166 e. The van der Waals surface area contributed by atoms with Gasteiger partial charge in [0.1, 0.15) is 22.3 Å². The van der Waals surface area contributed by atoms with E-state index in [0.717, 1.165) is 93.6 Å². The fourth-order valence-corrected chi connectivity index (χ4v) is 10.7. The highest BCUT2D eigenvalue weighted by Crippen LogP contribution is 2.43. The van der Waals surface area contributed by atoms with E-state index in [0.29, 0.717) is 28.5 Å². The van der Waals surface area contributed by atoms with Gasteiger partial charge in [0.2, 0.25) is 0 Å². The summed E-state index contributed by atoms with van der Waals surface area (Å²) in [5.74, 6) is 0.991. The molecule has 15 aromatic rings. The lowest BCUT2D eigenvalue weighted by molar-refractivity contribution is 0.669. The van der Waals surface area contributed by atoms with Crippen molar-refractivity contribution < 1.29 is 18.4 Å². The highest BCUT2D eigenvalue weighted by atomic mass is 16.3. The van der Waals surface area contributed by atoms with Crippen LogP contribution in [0.3, 0.4) is 0 Å². The summed E-state index contributed by atoms with van der Waals surface area (Å²) in [4.78, 5) is 15.9. The third-order valence-corrected chi connectivity index (χ3v) is 14.0. The van der Waals surface area contributed by atoms with Crippen molar-refractivity contribution in [2.75, 3.05) is 0 Å². The predicted octanol–water partition coefficient (Wildman–Crippen LogP) is 17.9. The van der Waals surface area contributed by atoms with Gasteiger partial charge in [0, 0.05) is 60.1 Å². The van der Waals surface area contributed by atoms with Crippen molar-refractivity contribution in [2.45, 2.75) is 0 Å². The zero-order valence-corrected chi connectivity index (χ0v) is 38.7. The van der Waals surface area contributed by atoms with E-state index < -0.39 is 12.1 Å². The fourth-order valence-electron chi connectivity index (χ4n) is 10.7. The van der Waals surface area contributed by atoms with Gasteiger partial charge in [0.05, 0.1) is 26.3 Å². The Bertz CT molecular complexity index is 5130. The van der Waals surface area contributed by atoms with E-state index in [2.05, 4.69) is 72.8 Å². The molecule has 0 radical (unpaired) electrons. The maximum absolute atomic E-state index is 9.30. The van der Waals surface area contributed by atoms with Crippen LogP contribution in [0.4, 0.5) is 0 Å². The molecular weight excluding hydrogens is 893 g/mol. The number of furan rings is 2. The molecule has 0 fully saturated rings. The molecule has 4 heterocycles. The molecule has 0 N–H and O–H groups in total. The monoisotopic (exact) mass is 939 g/mol. The van der Waals surface area contributed by atoms with Crippen LogP contribution in [0.1, 0.15) is 9.60 Å². The van der Waals surface area contributed by atoms with Crippen molar-refractivity contribution in [2.24, 2.45) is 0 Å². The second-order valence-electron chi connectivity index (χ2n) is 18.1. The third-order valence-electron chi connectivity index (χ3n) is 14.0. The van der Waals surface area contributed by atoms with Gasteiger partial charge >= 0.3 is 0 Å². The van der Waals surface area contributed by atoms with Crippen LogP contribution in [-0.2, 0) is 0 Å². The van der Waals surface area contributed by atoms with Crippen molar-refractivity contribution in [1.82, 2.24) is 19.5 Å². The quantitative estimate of drug-likeness (QED) is 0.159. The van der Waals surface area contributed by atoms with Crippen LogP contribution in [0.5, 0.6) is 0 Å². The van der Waals surface area contributed by atoms with Crippen LogP contribution in [0, 0.1) is 0 Å². The molecule has 11 aromatic carbocycles. The molecule has 340 valence electrons. The number of hydrogen-bond donors (Lipinski definition) is 0. The number of para-hydroxylation sites is 6. The maximum atomic E-state index is 9.30. The molecule has 6 heteroatoms. The van der Waals surface area contributed by atoms with E-state index in [1.54, 1.807) is 16.7 Å². The predicted molar refractivity (Wildman–Crippen MR) is 299 cm³/mol. The van der Waals surface area contributed by atoms with E-state index in [4.69, 9.17) is 30.6 Å². The zero-order valence-electron chi connectivity index (χ0n) is 45.7. The molecule has 0 aliphatic heterocycles. The standard InChI is InChI=1S/C67H40N4O2/c1-2-17-41(18-3-1)45-36-37-55(49-22-5-4-21-48(45)49)66-68-65(69-67(70-66)56-26-8-12-33-60(56)71-58-31-10-6-23-50(58)51-24-7-11-32-59(51)71)44-20-14-19-42(39-44)46-27-16-30-54-57-40-43(35-38-62(57)73-64(46)54)47-28-15-29-53-52-25-9-13-34-61(52)72-63(47)53/h1-40H/i6D,7D,10D,23D,24D,31D,32D. The SMILES string of the molecule is [2H]c1cc([2H])c2c(c1[2H])c1c([2H])c([2H])c([2H])c([2H])c1n2-c1ccccc1-c1nc(-c2cccc(-c3cccc4c3oc3ccc(-c5cccc6c5oc5ccccc56)cc34)c2)nc(-c2ccc(-c3ccccc3)c3ccccc23)n1. The molecule has 4 aromatic heterocycles. The van der Waals surface area contributed by atoms with Crippen molar-refractivity contribution in [3.63, 3.8) is 0 Å². The van der Waals surface area contributed by atoms with Gasteiger partial charge in [-0.25, -0.2) is 15.0 Å². The second-order valence-corrected chi connectivity index (χ2v) is 18.1. The van der Waals surface area contributed by atoms with Crippen LogP contribution in [0.2, 0.25) is 0 Å². The highest BCUT2D eigenvalue weighted by molar-refractivity contribution is 6.14. The van der Waals surface area contributed by atoms with E-state index >= 15 is 0 Å². The normalized spacial score (nSPS) is 13.2. The summed E-state index contributed by atoms with van der Waals surface area (Å²) in [5.41, 5.74) is 11.5. The van der Waals surface area contributed by atoms with Crippen LogP contribution < -0.4 is 0 Å². The number of benzene rings is 11. The van der Waals surface area contributed by atoms with Crippen molar-refractivity contribution >= 4 is 76.5 Å². The minimum Gasteiger partial charge on any atom is -0.455 e. The van der Waals surface area contributed by atoms with Crippen LogP contribution >= 0.6 is 0 Å². The first-order valence-electron chi connectivity index (χ1n) is 27.5. The summed E-state index contributed by atoms with van der Waals surface area (Å²) in [6, 6.07) is 63.6. The maximum Gasteiger partial charge on any atom is 0.166 e. The molecule has 0 spiro atoms. The highest BCUT2D eigenvalue weighted by Gasteiger charge is 2.22. The van der Waals surface area contributed by atoms with Gasteiger partial charge < -0.3 is 13.4 Å². The first-order valence-corrected chi connectivity index (χ1v) is 24.0. The van der Waals surface area contributed by atoms with Crippen molar-refractivity contribution in [3.05, 3.63) is 242 Å². The van der Waals surface area contributed by atoms with Crippen LogP contribution in [0.25, 0.3) is 150 Å². The summed E-state index contributed by atoms with van der Waals surface area (Å²) >= 11 is 0. The summed E-state index contributed by atoms with van der Waals surface area (Å²) in [5, 5.41) is 6.10. The van der Waals surface area contributed by atoms with Gasteiger partial charge in [0.25, 0.3) is 0 Å². The lowest BCUT2D eigenvalue weighted by atomic mass is 9.94. The summed E-state index contributed by atoms with van der Waals surface area (Å²) in [6.45, 7) is 0. The first kappa shape index (κ1) is 34.4. The largest absolute Gasteiger partial charge is 0.455 e. The van der Waals surface area contributed by atoms with Gasteiger partial charge in [-0.15, -0.1) is 0 Å². The molecule has 0 bridgehead atoms. The molecular formula is C67H40N4O2. The Balaban J connectivity index is 0.932. The van der Waals surface area contributed by atoms with Crippen LogP contribution in [0.15, 0.2) is 251 Å². The Morgan fingerprint density at radius 1 is 0.315 bits per heavy atom. The average Bonchev–Trinajstić information content (AvgIpc) is 4.38. The molecule has 0 atom stereocenters. The van der Waals surface area contributed by atoms with Gasteiger partial charge in [-0.05, 0) is 87.6 Å². The van der Waals surface area contributed by atoms with Gasteiger partial charge in [-0.2, -0.15) is 0 Å². The zero-order chi connectivity index (χ0) is 54.1. The Morgan fingerprint density at radius 2 is 0.863 bits per heavy atom. The number of nitrogens with zero attached hydrogens (tertiary/aromatic N) is 4. The van der Waals surface area contributed by atoms with E-state index in [1.165, 1.54) is 6.07 Å². The fraction of sp³-hybridized carbons (Fsp3) is 0. The molecule has 0 saturated carbocycles. The minimum atomic E-state index is -0.477. The van der Waals surface area contributed by atoms with E-state index in [1.807, 2.05) is 109 Å². The number of fused-ring (bicyclic) bond motifs is 10. The Labute approximate surface area is 428 Å². The van der Waals surface area contributed by atoms with Crippen LogP contribution in [-0.4, -0.2) is 19.5 Å². The van der Waals surface area contributed by atoms with Crippen molar-refractivity contribution in [1.29, 1.82) is 0 Å². The molecule has 15 rings (SSSR count). The molecule has 0 unspecified atom stereocenters.